The quantitative estimate of drug-likeness (QED) is 0.568. The van der Waals surface area contributed by atoms with Crippen LogP contribution < -0.4 is 10.4 Å². The van der Waals surface area contributed by atoms with E-state index in [1.807, 2.05) is 26.0 Å². The van der Waals surface area contributed by atoms with Crippen LogP contribution in [0.15, 0.2) is 39.5 Å². The van der Waals surface area contributed by atoms with Crippen molar-refractivity contribution in [2.24, 2.45) is 0 Å². The van der Waals surface area contributed by atoms with Crippen molar-refractivity contribution < 1.29 is 9.15 Å². The molecule has 1 aromatic heterocycles. The second kappa shape index (κ2) is 6.50. The Balaban J connectivity index is 2.01. The van der Waals surface area contributed by atoms with E-state index in [2.05, 4.69) is 0 Å². The van der Waals surface area contributed by atoms with Crippen molar-refractivity contribution in [3.05, 3.63) is 73.1 Å². The van der Waals surface area contributed by atoms with Crippen LogP contribution in [0.25, 0.3) is 11.0 Å². The lowest BCUT2D eigenvalue weighted by Crippen LogP contribution is -2.07. The molecule has 0 atom stereocenters. The van der Waals surface area contributed by atoms with Gasteiger partial charge in [-0.25, -0.2) is 4.79 Å². The van der Waals surface area contributed by atoms with Gasteiger partial charge in [-0.2, -0.15) is 0 Å². The van der Waals surface area contributed by atoms with Crippen molar-refractivity contribution in [3.8, 4) is 5.75 Å². The molecule has 2 aromatic carbocycles. The Morgan fingerprint density at radius 2 is 1.62 bits per heavy atom. The topological polar surface area (TPSA) is 39.4 Å². The molecule has 0 aliphatic rings. The fourth-order valence-corrected chi connectivity index (χ4v) is 3.11. The van der Waals surface area contributed by atoms with Gasteiger partial charge >= 0.3 is 5.63 Å². The molecule has 0 spiro atoms. The number of halogens is 2. The minimum Gasteiger partial charge on any atom is -0.488 e. The van der Waals surface area contributed by atoms with Crippen molar-refractivity contribution in [2.75, 3.05) is 0 Å². The summed E-state index contributed by atoms with van der Waals surface area (Å²) in [5, 5.41) is 2.02. The molecule has 1 heterocycles. The molecule has 0 saturated heterocycles. The van der Waals surface area contributed by atoms with Crippen molar-refractivity contribution in [3.63, 3.8) is 0 Å². The molecule has 0 bridgehead atoms. The van der Waals surface area contributed by atoms with Gasteiger partial charge in [-0.15, -0.1) is 0 Å². The molecule has 0 amide bonds. The Morgan fingerprint density at radius 3 is 2.29 bits per heavy atom. The van der Waals surface area contributed by atoms with Crippen LogP contribution >= 0.6 is 23.2 Å². The smallest absolute Gasteiger partial charge is 0.339 e. The fourth-order valence-electron chi connectivity index (χ4n) is 2.60. The highest BCUT2D eigenvalue weighted by Crippen LogP contribution is 2.31. The molecular weight excluding hydrogens is 347 g/mol. The predicted octanol–water partition coefficient (Wildman–Crippen LogP) is 5.60. The molecule has 0 aliphatic heterocycles. The molecule has 3 nitrogen and oxygen atoms in total. The zero-order valence-electron chi connectivity index (χ0n) is 13.6. The summed E-state index contributed by atoms with van der Waals surface area (Å²) in [5.74, 6) is 0.630. The van der Waals surface area contributed by atoms with E-state index in [1.165, 1.54) is 0 Å². The molecule has 5 heteroatoms. The molecule has 0 radical (unpaired) electrons. The van der Waals surface area contributed by atoms with Crippen molar-refractivity contribution >= 4 is 34.2 Å². The molecule has 0 aliphatic carbocycles. The third-order valence-corrected chi connectivity index (χ3v) is 4.97. The molecular formula is C19H16Cl2O3. The third-order valence-electron chi connectivity index (χ3n) is 4.26. The first-order chi connectivity index (χ1) is 11.4. The number of ether oxygens (including phenoxy) is 1. The van der Waals surface area contributed by atoms with Crippen molar-refractivity contribution in [1.82, 2.24) is 0 Å². The van der Waals surface area contributed by atoms with Gasteiger partial charge < -0.3 is 9.15 Å². The SMILES string of the molecule is Cc1c(C)c2ccc(OCc3c(Cl)cccc3Cl)c(C)c2oc1=O. The summed E-state index contributed by atoms with van der Waals surface area (Å²) in [6.45, 7) is 5.78. The minimum absolute atomic E-state index is 0.236. The standard InChI is InChI=1S/C19H16Cl2O3/c1-10-11(2)19(22)24-18-12(3)17(8-7-13(10)18)23-9-14-15(20)5-4-6-16(14)21/h4-8H,9H2,1-3H3. The van der Waals surface area contributed by atoms with Gasteiger partial charge in [0, 0.05) is 32.1 Å². The van der Waals surface area contributed by atoms with Crippen LogP contribution in [-0.2, 0) is 6.61 Å². The number of fused-ring (bicyclic) bond motifs is 1. The lowest BCUT2D eigenvalue weighted by atomic mass is 10.0. The van der Waals surface area contributed by atoms with Gasteiger partial charge in [0.15, 0.2) is 0 Å². The molecule has 3 aromatic rings. The highest BCUT2D eigenvalue weighted by atomic mass is 35.5. The lowest BCUT2D eigenvalue weighted by molar-refractivity contribution is 0.304. The van der Waals surface area contributed by atoms with Crippen LogP contribution in [0.4, 0.5) is 0 Å². The largest absolute Gasteiger partial charge is 0.488 e. The van der Waals surface area contributed by atoms with Gasteiger partial charge in [-0.05, 0) is 50.6 Å². The van der Waals surface area contributed by atoms with Crippen LogP contribution in [0.5, 0.6) is 5.75 Å². The first-order valence-electron chi connectivity index (χ1n) is 7.49. The van der Waals surface area contributed by atoms with Gasteiger partial charge in [-0.3, -0.25) is 0 Å². The van der Waals surface area contributed by atoms with E-state index in [0.717, 1.165) is 22.1 Å². The summed E-state index contributed by atoms with van der Waals surface area (Å²) >= 11 is 12.3. The molecule has 0 fully saturated rings. The van der Waals surface area contributed by atoms with Crippen LogP contribution in [0, 0.1) is 20.8 Å². The minimum atomic E-state index is -0.325. The number of aryl methyl sites for hydroxylation is 2. The average Bonchev–Trinajstić information content (AvgIpc) is 2.55. The molecule has 24 heavy (non-hydrogen) atoms. The molecule has 0 N–H and O–H groups in total. The normalized spacial score (nSPS) is 11.0. The first kappa shape index (κ1) is 16.9. The predicted molar refractivity (Wildman–Crippen MR) is 97.5 cm³/mol. The Hall–Kier alpha value is -1.97. The van der Waals surface area contributed by atoms with Crippen molar-refractivity contribution in [2.45, 2.75) is 27.4 Å². The Kier molecular flexibility index (Phi) is 4.57. The monoisotopic (exact) mass is 362 g/mol. The number of hydrogen-bond acceptors (Lipinski definition) is 3. The van der Waals surface area contributed by atoms with Crippen LogP contribution in [0.1, 0.15) is 22.3 Å². The van der Waals surface area contributed by atoms with E-state index in [1.54, 1.807) is 25.1 Å². The molecule has 124 valence electrons. The maximum atomic E-state index is 11.9. The molecule has 0 unspecified atom stereocenters. The summed E-state index contributed by atoms with van der Waals surface area (Å²) in [7, 11) is 0. The summed E-state index contributed by atoms with van der Waals surface area (Å²) in [6, 6.07) is 9.09. The summed E-state index contributed by atoms with van der Waals surface area (Å²) in [5.41, 5.74) is 3.27. The highest BCUT2D eigenvalue weighted by Gasteiger charge is 2.14. The van der Waals surface area contributed by atoms with E-state index in [0.29, 0.717) is 26.9 Å². The maximum Gasteiger partial charge on any atom is 0.339 e. The highest BCUT2D eigenvalue weighted by molar-refractivity contribution is 6.35. The van der Waals surface area contributed by atoms with E-state index in [-0.39, 0.29) is 12.2 Å². The first-order valence-corrected chi connectivity index (χ1v) is 8.25. The van der Waals surface area contributed by atoms with E-state index in [4.69, 9.17) is 32.4 Å². The lowest BCUT2D eigenvalue weighted by Gasteiger charge is -2.13. The second-order valence-electron chi connectivity index (χ2n) is 5.69. The summed E-state index contributed by atoms with van der Waals surface area (Å²) in [4.78, 5) is 11.9. The number of benzene rings is 2. The van der Waals surface area contributed by atoms with Crippen LogP contribution in [0.2, 0.25) is 10.0 Å². The summed E-state index contributed by atoms with van der Waals surface area (Å²) in [6.07, 6.45) is 0. The average molecular weight is 363 g/mol. The Labute approximate surface area is 149 Å². The van der Waals surface area contributed by atoms with E-state index >= 15 is 0 Å². The van der Waals surface area contributed by atoms with Gasteiger partial charge in [0.1, 0.15) is 17.9 Å². The second-order valence-corrected chi connectivity index (χ2v) is 6.51. The zero-order chi connectivity index (χ0) is 17.4. The van der Waals surface area contributed by atoms with E-state index in [9.17, 15) is 4.79 Å². The molecule has 3 rings (SSSR count). The van der Waals surface area contributed by atoms with Gasteiger partial charge in [-0.1, -0.05) is 29.3 Å². The van der Waals surface area contributed by atoms with Gasteiger partial charge in [0.25, 0.3) is 0 Å². The number of hydrogen-bond donors (Lipinski definition) is 0. The summed E-state index contributed by atoms with van der Waals surface area (Å²) < 4.78 is 11.3. The Bertz CT molecular complexity index is 970. The third kappa shape index (κ3) is 2.90. The molecule has 0 saturated carbocycles. The Morgan fingerprint density at radius 1 is 0.958 bits per heavy atom. The zero-order valence-corrected chi connectivity index (χ0v) is 15.1. The number of rotatable bonds is 3. The van der Waals surface area contributed by atoms with Crippen LogP contribution in [0.3, 0.4) is 0 Å². The van der Waals surface area contributed by atoms with Gasteiger partial charge in [0.2, 0.25) is 0 Å². The van der Waals surface area contributed by atoms with Crippen LogP contribution in [-0.4, -0.2) is 0 Å². The van der Waals surface area contributed by atoms with Crippen molar-refractivity contribution in [1.29, 1.82) is 0 Å². The fraction of sp³-hybridized carbons (Fsp3) is 0.211. The van der Waals surface area contributed by atoms with Gasteiger partial charge in [0.05, 0.1) is 0 Å². The maximum absolute atomic E-state index is 11.9. The van der Waals surface area contributed by atoms with E-state index < -0.39 is 0 Å².